The molecule has 0 spiro atoms. The summed E-state index contributed by atoms with van der Waals surface area (Å²) in [6.07, 6.45) is 1.02. The van der Waals surface area contributed by atoms with Gasteiger partial charge < -0.3 is 9.47 Å². The van der Waals surface area contributed by atoms with Crippen LogP contribution in [0.4, 0.5) is 0 Å². The normalized spacial score (nSPS) is 21.1. The van der Waals surface area contributed by atoms with Crippen LogP contribution >= 0.6 is 0 Å². The number of methoxy groups -OCH3 is 1. The van der Waals surface area contributed by atoms with Gasteiger partial charge in [0.2, 0.25) is 5.90 Å². The molecule has 0 N–H and O–H groups in total. The van der Waals surface area contributed by atoms with E-state index >= 15 is 0 Å². The van der Waals surface area contributed by atoms with Gasteiger partial charge in [-0.2, -0.15) is 0 Å². The van der Waals surface area contributed by atoms with Crippen LogP contribution < -0.4 is 4.74 Å². The smallest absolute Gasteiger partial charge is 0.236 e. The van der Waals surface area contributed by atoms with Gasteiger partial charge in [-0.05, 0) is 35.4 Å². The first kappa shape index (κ1) is 13.5. The average Bonchev–Trinajstić information content (AvgIpc) is 3.18. The summed E-state index contributed by atoms with van der Waals surface area (Å²) >= 11 is 0. The van der Waals surface area contributed by atoms with Crippen LogP contribution in [0.1, 0.15) is 22.9 Å². The molecule has 24 heavy (non-hydrogen) atoms. The molecular weight excluding hydrogens is 300 g/mol. The Labute approximate surface area is 139 Å². The second-order valence-electron chi connectivity index (χ2n) is 6.19. The second kappa shape index (κ2) is 5.06. The van der Waals surface area contributed by atoms with Crippen LogP contribution in [0.2, 0.25) is 0 Å². The number of rotatable bonds is 2. The molecule has 118 valence electrons. The quantitative estimate of drug-likeness (QED) is 0.724. The molecule has 2 heterocycles. The number of hydrogen-bond acceptors (Lipinski definition) is 4. The molecule has 2 aliphatic rings. The minimum atomic E-state index is 0.101. The molecule has 0 bridgehead atoms. The van der Waals surface area contributed by atoms with Gasteiger partial charge in [-0.25, -0.2) is 9.98 Å². The Bertz CT molecular complexity index is 980. The second-order valence-corrected chi connectivity index (χ2v) is 6.19. The lowest BCUT2D eigenvalue weighted by molar-refractivity contribution is 0.206. The summed E-state index contributed by atoms with van der Waals surface area (Å²) in [4.78, 5) is 9.51. The third kappa shape index (κ3) is 1.99. The summed E-state index contributed by atoms with van der Waals surface area (Å²) in [7, 11) is 1.67. The summed E-state index contributed by atoms with van der Waals surface area (Å²) in [5.41, 5.74) is 4.33. The van der Waals surface area contributed by atoms with Crippen LogP contribution in [0, 0.1) is 0 Å². The summed E-state index contributed by atoms with van der Waals surface area (Å²) in [5.74, 6) is 1.48. The molecule has 0 radical (unpaired) electrons. The van der Waals surface area contributed by atoms with Crippen molar-refractivity contribution in [3.8, 4) is 5.75 Å². The maximum Gasteiger partial charge on any atom is 0.236 e. The summed E-state index contributed by atoms with van der Waals surface area (Å²) < 4.78 is 11.4. The van der Waals surface area contributed by atoms with E-state index in [2.05, 4.69) is 24.3 Å². The van der Waals surface area contributed by atoms with Gasteiger partial charge >= 0.3 is 0 Å². The molecular formula is C20H16N2O2. The molecule has 4 nitrogen and oxygen atoms in total. The minimum Gasteiger partial charge on any atom is -0.497 e. The topological polar surface area (TPSA) is 43.7 Å². The molecule has 5 rings (SSSR count). The predicted octanol–water partition coefficient (Wildman–Crippen LogP) is 3.69. The van der Waals surface area contributed by atoms with Gasteiger partial charge in [-0.1, -0.05) is 30.3 Å². The lowest BCUT2D eigenvalue weighted by atomic mass is 10.1. The number of ether oxygens (including phenoxy) is 2. The number of aliphatic imine (C=N–C) groups is 1. The van der Waals surface area contributed by atoms with Gasteiger partial charge in [0.1, 0.15) is 23.6 Å². The highest BCUT2D eigenvalue weighted by Crippen LogP contribution is 2.40. The van der Waals surface area contributed by atoms with E-state index in [1.165, 1.54) is 11.1 Å². The van der Waals surface area contributed by atoms with E-state index in [-0.39, 0.29) is 12.1 Å². The monoisotopic (exact) mass is 316 g/mol. The van der Waals surface area contributed by atoms with Gasteiger partial charge in [0.15, 0.2) is 0 Å². The summed E-state index contributed by atoms with van der Waals surface area (Å²) in [5, 5.41) is 1.04. The van der Waals surface area contributed by atoms with E-state index in [9.17, 15) is 0 Å². The predicted molar refractivity (Wildman–Crippen MR) is 92.6 cm³/mol. The van der Waals surface area contributed by atoms with E-state index in [1.54, 1.807) is 7.11 Å². The van der Waals surface area contributed by atoms with Crippen molar-refractivity contribution >= 4 is 16.8 Å². The molecule has 1 aromatic heterocycles. The van der Waals surface area contributed by atoms with E-state index < -0.39 is 0 Å². The van der Waals surface area contributed by atoms with Crippen molar-refractivity contribution in [2.24, 2.45) is 4.99 Å². The molecule has 0 saturated heterocycles. The van der Waals surface area contributed by atoms with E-state index in [0.717, 1.165) is 28.8 Å². The van der Waals surface area contributed by atoms with Crippen molar-refractivity contribution in [3.05, 3.63) is 71.4 Å². The highest BCUT2D eigenvalue weighted by atomic mass is 16.5. The number of benzene rings is 2. The Balaban J connectivity index is 1.53. The fraction of sp³-hybridized carbons (Fsp3) is 0.200. The Morgan fingerprint density at radius 2 is 2.00 bits per heavy atom. The maximum atomic E-state index is 6.11. The summed E-state index contributed by atoms with van der Waals surface area (Å²) in [6, 6.07) is 18.4. The van der Waals surface area contributed by atoms with Crippen LogP contribution in [0.3, 0.4) is 0 Å². The third-order valence-corrected chi connectivity index (χ3v) is 4.78. The van der Waals surface area contributed by atoms with Crippen LogP contribution in [0.25, 0.3) is 10.9 Å². The first-order valence-electron chi connectivity index (χ1n) is 8.09. The molecule has 4 heteroatoms. The molecule has 3 aromatic rings. The van der Waals surface area contributed by atoms with Crippen molar-refractivity contribution in [2.75, 3.05) is 7.11 Å². The fourth-order valence-corrected chi connectivity index (χ4v) is 3.57. The number of nitrogens with zero attached hydrogens (tertiary/aromatic N) is 2. The number of pyridine rings is 1. The zero-order chi connectivity index (χ0) is 16.1. The van der Waals surface area contributed by atoms with Gasteiger partial charge in [-0.15, -0.1) is 0 Å². The van der Waals surface area contributed by atoms with E-state index in [4.69, 9.17) is 19.5 Å². The molecule has 1 aliphatic heterocycles. The average molecular weight is 316 g/mol. The van der Waals surface area contributed by atoms with Crippen molar-refractivity contribution in [1.82, 2.24) is 4.98 Å². The van der Waals surface area contributed by atoms with Crippen molar-refractivity contribution in [2.45, 2.75) is 18.6 Å². The van der Waals surface area contributed by atoms with Crippen LogP contribution in [0.5, 0.6) is 5.75 Å². The van der Waals surface area contributed by atoms with Crippen molar-refractivity contribution in [3.63, 3.8) is 0 Å². The first-order valence-corrected chi connectivity index (χ1v) is 8.09. The van der Waals surface area contributed by atoms with Gasteiger partial charge in [-0.3, -0.25) is 0 Å². The Hall–Kier alpha value is -2.88. The molecule has 0 saturated carbocycles. The molecule has 0 fully saturated rings. The molecule has 2 atom stereocenters. The third-order valence-electron chi connectivity index (χ3n) is 4.78. The first-order chi connectivity index (χ1) is 11.8. The summed E-state index contributed by atoms with van der Waals surface area (Å²) in [6.45, 7) is 0. The SMILES string of the molecule is COc1ccc2nc(C3=N[C@@H]4c5ccccc5C[C@@H]4O3)ccc2c1. The van der Waals surface area contributed by atoms with Crippen molar-refractivity contribution in [1.29, 1.82) is 0 Å². The molecule has 1 aliphatic carbocycles. The fourth-order valence-electron chi connectivity index (χ4n) is 3.57. The highest BCUT2D eigenvalue weighted by Gasteiger charge is 2.39. The van der Waals surface area contributed by atoms with Crippen LogP contribution in [-0.4, -0.2) is 24.1 Å². The van der Waals surface area contributed by atoms with Gasteiger partial charge in [0.05, 0.1) is 12.6 Å². The Kier molecular flexibility index (Phi) is 2.86. The zero-order valence-electron chi connectivity index (χ0n) is 13.3. The van der Waals surface area contributed by atoms with Crippen LogP contribution in [0.15, 0.2) is 59.6 Å². The standard InChI is InChI=1S/C20H16N2O2/c1-23-14-7-9-16-13(10-14)6-8-17(21-16)20-22-19-15-5-3-2-4-12(15)11-18(19)24-20/h2-10,18-19H,11H2,1H3/t18-,19+/m0/s1. The number of hydrogen-bond donors (Lipinski definition) is 0. The van der Waals surface area contributed by atoms with Gasteiger partial charge in [0, 0.05) is 11.8 Å². The van der Waals surface area contributed by atoms with Gasteiger partial charge in [0.25, 0.3) is 0 Å². The lowest BCUT2D eigenvalue weighted by Crippen LogP contribution is -2.14. The molecule has 2 aromatic carbocycles. The van der Waals surface area contributed by atoms with Crippen molar-refractivity contribution < 1.29 is 9.47 Å². The van der Waals surface area contributed by atoms with Crippen LogP contribution in [-0.2, 0) is 11.2 Å². The minimum absolute atomic E-state index is 0.101. The largest absolute Gasteiger partial charge is 0.497 e. The molecule has 0 amide bonds. The lowest BCUT2D eigenvalue weighted by Gasteiger charge is -2.09. The maximum absolute atomic E-state index is 6.11. The number of fused-ring (bicyclic) bond motifs is 4. The molecule has 0 unspecified atom stereocenters. The Morgan fingerprint density at radius 3 is 2.92 bits per heavy atom. The number of aromatic nitrogens is 1. The zero-order valence-corrected chi connectivity index (χ0v) is 13.3. The van der Waals surface area contributed by atoms with E-state index in [1.807, 2.05) is 30.3 Å². The highest BCUT2D eigenvalue weighted by molar-refractivity contribution is 5.96. The Morgan fingerprint density at radius 1 is 1.08 bits per heavy atom. The van der Waals surface area contributed by atoms with E-state index in [0.29, 0.717) is 5.90 Å².